The average molecular weight is 161 g/mol. The minimum absolute atomic E-state index is 0.718. The number of rotatable bonds is 2. The standard InChI is InChI=1S/C10H11NO/c1-2-12-10-4-3-8-6-11-7-9(8)5-10/h3-7,11H,2H2,1H3. The minimum atomic E-state index is 0.718. The van der Waals surface area contributed by atoms with Gasteiger partial charge in [-0.1, -0.05) is 0 Å². The highest BCUT2D eigenvalue weighted by atomic mass is 16.5. The first-order chi connectivity index (χ1) is 5.90. The molecule has 1 heterocycles. The third-order valence-corrected chi connectivity index (χ3v) is 1.85. The summed E-state index contributed by atoms with van der Waals surface area (Å²) in [5, 5.41) is 2.42. The molecule has 0 spiro atoms. The van der Waals surface area contributed by atoms with Gasteiger partial charge in [0.05, 0.1) is 6.61 Å². The van der Waals surface area contributed by atoms with E-state index >= 15 is 0 Å². The van der Waals surface area contributed by atoms with E-state index in [1.807, 2.05) is 31.5 Å². The average Bonchev–Trinajstić information content (AvgIpc) is 2.51. The maximum absolute atomic E-state index is 5.37. The second kappa shape index (κ2) is 2.89. The summed E-state index contributed by atoms with van der Waals surface area (Å²) in [4.78, 5) is 3.05. The lowest BCUT2D eigenvalue weighted by atomic mass is 10.2. The largest absolute Gasteiger partial charge is 0.494 e. The van der Waals surface area contributed by atoms with Gasteiger partial charge in [-0.25, -0.2) is 0 Å². The van der Waals surface area contributed by atoms with E-state index in [0.717, 1.165) is 12.4 Å². The zero-order valence-electron chi connectivity index (χ0n) is 7.00. The Labute approximate surface area is 71.2 Å². The van der Waals surface area contributed by atoms with Gasteiger partial charge in [0.25, 0.3) is 0 Å². The molecule has 2 nitrogen and oxygen atoms in total. The first-order valence-corrected chi connectivity index (χ1v) is 4.09. The number of fused-ring (bicyclic) bond motifs is 1. The maximum Gasteiger partial charge on any atom is 0.119 e. The first kappa shape index (κ1) is 7.22. The number of hydrogen-bond donors (Lipinski definition) is 1. The second-order valence-corrected chi connectivity index (χ2v) is 2.68. The molecule has 2 rings (SSSR count). The van der Waals surface area contributed by atoms with E-state index in [-0.39, 0.29) is 0 Å². The second-order valence-electron chi connectivity index (χ2n) is 2.68. The summed E-state index contributed by atoms with van der Waals surface area (Å²) < 4.78 is 5.37. The molecule has 0 aliphatic carbocycles. The normalized spacial score (nSPS) is 10.4. The van der Waals surface area contributed by atoms with Crippen LogP contribution in [0.4, 0.5) is 0 Å². The molecule has 0 fully saturated rings. The number of aromatic nitrogens is 1. The monoisotopic (exact) mass is 161 g/mol. The highest BCUT2D eigenvalue weighted by Crippen LogP contribution is 2.19. The lowest BCUT2D eigenvalue weighted by molar-refractivity contribution is 0.341. The van der Waals surface area contributed by atoms with Crippen LogP contribution in [0.5, 0.6) is 5.75 Å². The Balaban J connectivity index is 2.46. The molecule has 12 heavy (non-hydrogen) atoms. The van der Waals surface area contributed by atoms with Gasteiger partial charge in [-0.05, 0) is 30.5 Å². The van der Waals surface area contributed by atoms with Crippen LogP contribution in [0.1, 0.15) is 6.92 Å². The van der Waals surface area contributed by atoms with Crippen LogP contribution in [0, 0.1) is 0 Å². The molecule has 0 radical (unpaired) electrons. The van der Waals surface area contributed by atoms with Crippen molar-refractivity contribution in [2.45, 2.75) is 6.92 Å². The van der Waals surface area contributed by atoms with Crippen LogP contribution in [0.25, 0.3) is 10.8 Å². The third kappa shape index (κ3) is 1.16. The number of aromatic amines is 1. The fraction of sp³-hybridized carbons (Fsp3) is 0.200. The zero-order chi connectivity index (χ0) is 8.39. The van der Waals surface area contributed by atoms with Crippen LogP contribution in [0.2, 0.25) is 0 Å². The Morgan fingerprint density at radius 3 is 2.92 bits per heavy atom. The maximum atomic E-state index is 5.37. The van der Waals surface area contributed by atoms with Gasteiger partial charge in [-0.15, -0.1) is 0 Å². The van der Waals surface area contributed by atoms with E-state index in [1.165, 1.54) is 10.8 Å². The van der Waals surface area contributed by atoms with Crippen molar-refractivity contribution >= 4 is 10.8 Å². The number of benzene rings is 1. The molecular weight excluding hydrogens is 150 g/mol. The molecular formula is C10H11NO. The van der Waals surface area contributed by atoms with Crippen LogP contribution in [-0.2, 0) is 0 Å². The van der Waals surface area contributed by atoms with Gasteiger partial charge in [-0.3, -0.25) is 0 Å². The van der Waals surface area contributed by atoms with Gasteiger partial charge < -0.3 is 9.72 Å². The summed E-state index contributed by atoms with van der Waals surface area (Å²) in [5.74, 6) is 0.935. The molecule has 1 aromatic heterocycles. The van der Waals surface area contributed by atoms with E-state index in [4.69, 9.17) is 4.74 Å². The molecule has 0 amide bonds. The molecule has 0 aliphatic rings. The summed E-state index contributed by atoms with van der Waals surface area (Å²) in [5.41, 5.74) is 0. The summed E-state index contributed by atoms with van der Waals surface area (Å²) in [6, 6.07) is 6.08. The van der Waals surface area contributed by atoms with Gasteiger partial charge in [0.1, 0.15) is 5.75 Å². The zero-order valence-corrected chi connectivity index (χ0v) is 7.00. The van der Waals surface area contributed by atoms with Gasteiger partial charge in [0.2, 0.25) is 0 Å². The lowest BCUT2D eigenvalue weighted by Crippen LogP contribution is -1.89. The molecule has 2 aromatic rings. The predicted octanol–water partition coefficient (Wildman–Crippen LogP) is 2.57. The lowest BCUT2D eigenvalue weighted by Gasteiger charge is -2.01. The highest BCUT2D eigenvalue weighted by molar-refractivity contribution is 5.83. The van der Waals surface area contributed by atoms with Crippen LogP contribution >= 0.6 is 0 Å². The Hall–Kier alpha value is -1.44. The van der Waals surface area contributed by atoms with E-state index < -0.39 is 0 Å². The molecule has 2 heteroatoms. The van der Waals surface area contributed by atoms with Crippen molar-refractivity contribution in [2.24, 2.45) is 0 Å². The van der Waals surface area contributed by atoms with E-state index in [9.17, 15) is 0 Å². The molecule has 0 aliphatic heterocycles. The van der Waals surface area contributed by atoms with E-state index in [1.54, 1.807) is 0 Å². The van der Waals surface area contributed by atoms with Crippen molar-refractivity contribution in [2.75, 3.05) is 6.61 Å². The quantitative estimate of drug-likeness (QED) is 0.719. The topological polar surface area (TPSA) is 25.0 Å². The van der Waals surface area contributed by atoms with Crippen molar-refractivity contribution in [3.63, 3.8) is 0 Å². The molecule has 1 aromatic carbocycles. The first-order valence-electron chi connectivity index (χ1n) is 4.09. The molecule has 62 valence electrons. The molecule has 0 atom stereocenters. The van der Waals surface area contributed by atoms with Crippen LogP contribution in [0.3, 0.4) is 0 Å². The minimum Gasteiger partial charge on any atom is -0.494 e. The van der Waals surface area contributed by atoms with Gasteiger partial charge >= 0.3 is 0 Å². The van der Waals surface area contributed by atoms with E-state index in [0.29, 0.717) is 0 Å². The Bertz CT molecular complexity index is 378. The van der Waals surface area contributed by atoms with Crippen LogP contribution in [-0.4, -0.2) is 11.6 Å². The molecule has 1 N–H and O–H groups in total. The molecule has 0 saturated heterocycles. The van der Waals surface area contributed by atoms with Crippen molar-refractivity contribution in [3.05, 3.63) is 30.6 Å². The van der Waals surface area contributed by atoms with Crippen molar-refractivity contribution in [1.82, 2.24) is 4.98 Å². The van der Waals surface area contributed by atoms with Gasteiger partial charge in [-0.2, -0.15) is 0 Å². The summed E-state index contributed by atoms with van der Waals surface area (Å²) >= 11 is 0. The molecule has 0 saturated carbocycles. The Morgan fingerprint density at radius 2 is 2.08 bits per heavy atom. The fourth-order valence-electron chi connectivity index (χ4n) is 1.29. The summed E-state index contributed by atoms with van der Waals surface area (Å²) in [6.45, 7) is 2.71. The van der Waals surface area contributed by atoms with Crippen molar-refractivity contribution in [1.29, 1.82) is 0 Å². The smallest absolute Gasteiger partial charge is 0.119 e. The van der Waals surface area contributed by atoms with Gasteiger partial charge in [0, 0.05) is 17.8 Å². The van der Waals surface area contributed by atoms with Gasteiger partial charge in [0.15, 0.2) is 0 Å². The fourth-order valence-corrected chi connectivity index (χ4v) is 1.29. The summed E-state index contributed by atoms with van der Waals surface area (Å²) in [6.07, 6.45) is 3.95. The number of nitrogens with one attached hydrogen (secondary N) is 1. The van der Waals surface area contributed by atoms with Crippen LogP contribution < -0.4 is 4.74 Å². The van der Waals surface area contributed by atoms with Crippen LogP contribution in [0.15, 0.2) is 30.6 Å². The molecule has 0 bridgehead atoms. The Kier molecular flexibility index (Phi) is 1.74. The summed E-state index contributed by atoms with van der Waals surface area (Å²) in [7, 11) is 0. The number of hydrogen-bond acceptors (Lipinski definition) is 1. The number of H-pyrrole nitrogens is 1. The SMILES string of the molecule is CCOc1ccc2c[nH]cc2c1. The van der Waals surface area contributed by atoms with E-state index in [2.05, 4.69) is 11.1 Å². The van der Waals surface area contributed by atoms with Crippen molar-refractivity contribution in [3.8, 4) is 5.75 Å². The predicted molar refractivity (Wildman–Crippen MR) is 49.5 cm³/mol. The molecule has 0 unspecified atom stereocenters. The highest BCUT2D eigenvalue weighted by Gasteiger charge is 1.95. The van der Waals surface area contributed by atoms with Crippen molar-refractivity contribution < 1.29 is 4.74 Å². The Morgan fingerprint density at radius 1 is 1.25 bits per heavy atom. The third-order valence-electron chi connectivity index (χ3n) is 1.85. The number of ether oxygens (including phenoxy) is 1.